The second-order valence-corrected chi connectivity index (χ2v) is 4.53. The Bertz CT molecular complexity index is 368. The molecule has 6 nitrogen and oxygen atoms in total. The van der Waals surface area contributed by atoms with Crippen molar-refractivity contribution in [3.63, 3.8) is 0 Å². The van der Waals surface area contributed by atoms with E-state index in [2.05, 4.69) is 25.5 Å². The number of hydrogen-bond acceptors (Lipinski definition) is 6. The lowest BCUT2D eigenvalue weighted by molar-refractivity contribution is 0.0378. The summed E-state index contributed by atoms with van der Waals surface area (Å²) >= 11 is 0. The Balaban J connectivity index is 1.65. The minimum atomic E-state index is 0.681. The number of nitrogens with one attached hydrogen (secondary N) is 2. The van der Waals surface area contributed by atoms with Gasteiger partial charge in [0.2, 0.25) is 5.95 Å². The number of anilines is 2. The Morgan fingerprint density at radius 1 is 1.32 bits per heavy atom. The summed E-state index contributed by atoms with van der Waals surface area (Å²) < 4.78 is 5.33. The molecule has 1 saturated heterocycles. The lowest BCUT2D eigenvalue weighted by Crippen LogP contribution is -2.37. The van der Waals surface area contributed by atoms with Crippen LogP contribution in [0.4, 0.5) is 11.8 Å². The molecule has 0 aliphatic carbocycles. The SMILES string of the molecule is CCNc1nccc(NCCCN2CCOCC2)n1. The molecule has 0 atom stereocenters. The molecule has 2 heterocycles. The van der Waals surface area contributed by atoms with Crippen LogP contribution in [-0.4, -0.2) is 60.8 Å². The zero-order valence-electron chi connectivity index (χ0n) is 11.6. The Kier molecular flexibility index (Phi) is 5.84. The van der Waals surface area contributed by atoms with E-state index in [0.717, 1.165) is 58.2 Å². The summed E-state index contributed by atoms with van der Waals surface area (Å²) in [5.41, 5.74) is 0. The van der Waals surface area contributed by atoms with E-state index in [-0.39, 0.29) is 0 Å². The molecule has 1 aliphatic rings. The van der Waals surface area contributed by atoms with Crippen molar-refractivity contribution in [3.8, 4) is 0 Å². The highest BCUT2D eigenvalue weighted by Crippen LogP contribution is 2.05. The maximum absolute atomic E-state index is 5.33. The molecule has 1 aliphatic heterocycles. The van der Waals surface area contributed by atoms with Crippen molar-refractivity contribution >= 4 is 11.8 Å². The lowest BCUT2D eigenvalue weighted by atomic mass is 10.3. The molecule has 0 bridgehead atoms. The van der Waals surface area contributed by atoms with Crippen molar-refractivity contribution in [2.75, 3.05) is 56.6 Å². The van der Waals surface area contributed by atoms with Gasteiger partial charge in [-0.15, -0.1) is 0 Å². The maximum atomic E-state index is 5.33. The van der Waals surface area contributed by atoms with Crippen LogP contribution in [0, 0.1) is 0 Å². The van der Waals surface area contributed by atoms with Gasteiger partial charge in [-0.25, -0.2) is 4.98 Å². The second-order valence-electron chi connectivity index (χ2n) is 4.53. The molecule has 0 unspecified atom stereocenters. The summed E-state index contributed by atoms with van der Waals surface area (Å²) in [4.78, 5) is 11.0. The van der Waals surface area contributed by atoms with E-state index >= 15 is 0 Å². The fourth-order valence-electron chi connectivity index (χ4n) is 2.04. The fourth-order valence-corrected chi connectivity index (χ4v) is 2.04. The normalized spacial score (nSPS) is 16.3. The minimum Gasteiger partial charge on any atom is -0.379 e. The van der Waals surface area contributed by atoms with E-state index in [0.29, 0.717) is 5.95 Å². The van der Waals surface area contributed by atoms with E-state index < -0.39 is 0 Å². The third kappa shape index (κ3) is 5.00. The highest BCUT2D eigenvalue weighted by atomic mass is 16.5. The van der Waals surface area contributed by atoms with Gasteiger partial charge in [0.15, 0.2) is 0 Å². The van der Waals surface area contributed by atoms with Gasteiger partial charge in [0.05, 0.1) is 13.2 Å². The first-order valence-corrected chi connectivity index (χ1v) is 6.99. The number of nitrogens with zero attached hydrogens (tertiary/aromatic N) is 3. The van der Waals surface area contributed by atoms with Crippen molar-refractivity contribution in [1.29, 1.82) is 0 Å². The zero-order chi connectivity index (χ0) is 13.3. The highest BCUT2D eigenvalue weighted by molar-refractivity contribution is 5.39. The van der Waals surface area contributed by atoms with E-state index in [4.69, 9.17) is 4.74 Å². The summed E-state index contributed by atoms with van der Waals surface area (Å²) in [7, 11) is 0. The molecule has 0 amide bonds. The van der Waals surface area contributed by atoms with Crippen LogP contribution < -0.4 is 10.6 Å². The zero-order valence-corrected chi connectivity index (χ0v) is 11.6. The maximum Gasteiger partial charge on any atom is 0.224 e. The average molecular weight is 265 g/mol. The van der Waals surface area contributed by atoms with Crippen LogP contribution in [0.25, 0.3) is 0 Å². The van der Waals surface area contributed by atoms with Crippen molar-refractivity contribution in [2.24, 2.45) is 0 Å². The topological polar surface area (TPSA) is 62.3 Å². The molecule has 1 aromatic rings. The molecule has 19 heavy (non-hydrogen) atoms. The summed E-state index contributed by atoms with van der Waals surface area (Å²) in [6.07, 6.45) is 2.88. The number of aromatic nitrogens is 2. The Morgan fingerprint density at radius 2 is 2.16 bits per heavy atom. The van der Waals surface area contributed by atoms with Crippen LogP contribution in [0.5, 0.6) is 0 Å². The van der Waals surface area contributed by atoms with Gasteiger partial charge >= 0.3 is 0 Å². The number of rotatable bonds is 7. The van der Waals surface area contributed by atoms with Gasteiger partial charge < -0.3 is 15.4 Å². The smallest absolute Gasteiger partial charge is 0.224 e. The predicted octanol–water partition coefficient (Wildman–Crippen LogP) is 1.04. The molecular formula is C13H23N5O. The van der Waals surface area contributed by atoms with Gasteiger partial charge in [0.25, 0.3) is 0 Å². The van der Waals surface area contributed by atoms with Gasteiger partial charge in [0.1, 0.15) is 5.82 Å². The highest BCUT2D eigenvalue weighted by Gasteiger charge is 2.09. The molecule has 0 saturated carbocycles. The molecule has 2 rings (SSSR count). The van der Waals surface area contributed by atoms with Gasteiger partial charge in [-0.2, -0.15) is 4.98 Å². The molecule has 0 spiro atoms. The van der Waals surface area contributed by atoms with Crippen molar-refractivity contribution < 1.29 is 4.74 Å². The van der Waals surface area contributed by atoms with E-state index in [1.165, 1.54) is 0 Å². The van der Waals surface area contributed by atoms with Crippen LogP contribution in [0.1, 0.15) is 13.3 Å². The average Bonchev–Trinajstić information content (AvgIpc) is 2.46. The molecule has 6 heteroatoms. The van der Waals surface area contributed by atoms with Crippen LogP contribution in [0.15, 0.2) is 12.3 Å². The molecule has 1 aromatic heterocycles. The standard InChI is InChI=1S/C13H23N5O/c1-2-14-13-16-6-4-12(17-13)15-5-3-7-18-8-10-19-11-9-18/h4,6H,2-3,5,7-11H2,1H3,(H2,14,15,16,17). The first kappa shape index (κ1) is 14.0. The summed E-state index contributed by atoms with van der Waals surface area (Å²) in [5, 5.41) is 6.44. The third-order valence-electron chi connectivity index (χ3n) is 3.05. The van der Waals surface area contributed by atoms with Gasteiger partial charge in [-0.05, 0) is 26.0 Å². The number of morpholine rings is 1. The Morgan fingerprint density at radius 3 is 2.95 bits per heavy atom. The van der Waals surface area contributed by atoms with Gasteiger partial charge in [-0.1, -0.05) is 0 Å². The molecular weight excluding hydrogens is 242 g/mol. The van der Waals surface area contributed by atoms with E-state index in [9.17, 15) is 0 Å². The van der Waals surface area contributed by atoms with Crippen molar-refractivity contribution in [1.82, 2.24) is 14.9 Å². The van der Waals surface area contributed by atoms with Crippen LogP contribution >= 0.6 is 0 Å². The Hall–Kier alpha value is -1.40. The first-order chi connectivity index (χ1) is 9.38. The van der Waals surface area contributed by atoms with E-state index in [1.54, 1.807) is 6.20 Å². The van der Waals surface area contributed by atoms with Crippen LogP contribution in [-0.2, 0) is 4.74 Å². The van der Waals surface area contributed by atoms with Crippen molar-refractivity contribution in [3.05, 3.63) is 12.3 Å². The fraction of sp³-hybridized carbons (Fsp3) is 0.692. The quantitative estimate of drug-likeness (QED) is 0.718. The van der Waals surface area contributed by atoms with Gasteiger partial charge in [0, 0.05) is 32.4 Å². The summed E-state index contributed by atoms with van der Waals surface area (Å²) in [5.74, 6) is 1.56. The molecule has 106 valence electrons. The monoisotopic (exact) mass is 265 g/mol. The number of ether oxygens (including phenoxy) is 1. The Labute approximate surface area is 114 Å². The van der Waals surface area contributed by atoms with E-state index in [1.807, 2.05) is 13.0 Å². The van der Waals surface area contributed by atoms with Gasteiger partial charge in [-0.3, -0.25) is 4.90 Å². The van der Waals surface area contributed by atoms with Crippen LogP contribution in [0.3, 0.4) is 0 Å². The summed E-state index contributed by atoms with van der Waals surface area (Å²) in [6, 6.07) is 1.90. The third-order valence-corrected chi connectivity index (χ3v) is 3.05. The first-order valence-electron chi connectivity index (χ1n) is 6.99. The molecule has 1 fully saturated rings. The molecule has 2 N–H and O–H groups in total. The van der Waals surface area contributed by atoms with Crippen LogP contribution in [0.2, 0.25) is 0 Å². The lowest BCUT2D eigenvalue weighted by Gasteiger charge is -2.26. The number of hydrogen-bond donors (Lipinski definition) is 2. The largest absolute Gasteiger partial charge is 0.379 e. The van der Waals surface area contributed by atoms with Crippen molar-refractivity contribution in [2.45, 2.75) is 13.3 Å². The predicted molar refractivity (Wildman–Crippen MR) is 76.6 cm³/mol. The molecule has 0 radical (unpaired) electrons. The summed E-state index contributed by atoms with van der Waals surface area (Å²) in [6.45, 7) is 8.75. The molecule has 0 aromatic carbocycles. The second kappa shape index (κ2) is 7.91. The minimum absolute atomic E-state index is 0.681.